The Morgan fingerprint density at radius 1 is 1.50 bits per heavy atom. The van der Waals surface area contributed by atoms with Gasteiger partial charge >= 0.3 is 5.97 Å². The van der Waals surface area contributed by atoms with Crippen LogP contribution in [0.4, 0.5) is 0 Å². The normalized spacial score (nSPS) is 14.3. The minimum Gasteiger partial charge on any atom is -0.482 e. The van der Waals surface area contributed by atoms with Crippen molar-refractivity contribution in [3.63, 3.8) is 0 Å². The Kier molecular flexibility index (Phi) is 4.65. The first-order chi connectivity index (χ1) is 9.47. The lowest BCUT2D eigenvalue weighted by Crippen LogP contribution is -2.30. The zero-order valence-electron chi connectivity index (χ0n) is 11.6. The molecule has 1 heterocycles. The summed E-state index contributed by atoms with van der Waals surface area (Å²) in [6.45, 7) is 4.53. The third kappa shape index (κ3) is 3.96. The van der Waals surface area contributed by atoms with Gasteiger partial charge in [0.2, 0.25) is 0 Å². The lowest BCUT2D eigenvalue weighted by Gasteiger charge is -2.06. The molecule has 1 amide bonds. The minimum absolute atomic E-state index is 0.138. The first-order valence-corrected chi connectivity index (χ1v) is 7.55. The molecule has 5 nitrogen and oxygen atoms in total. The molecule has 20 heavy (non-hydrogen) atoms. The van der Waals surface area contributed by atoms with Crippen LogP contribution in [-0.2, 0) is 4.79 Å². The molecular weight excluding hydrogens is 278 g/mol. The number of carbonyl (C=O) groups is 2. The van der Waals surface area contributed by atoms with Gasteiger partial charge in [-0.2, -0.15) is 0 Å². The highest BCUT2D eigenvalue weighted by Crippen LogP contribution is 2.33. The number of nitrogens with one attached hydrogen (secondary N) is 1. The molecule has 0 radical (unpaired) electrons. The number of amides is 1. The van der Waals surface area contributed by atoms with Crippen LogP contribution < -0.4 is 10.1 Å². The van der Waals surface area contributed by atoms with E-state index in [9.17, 15) is 9.59 Å². The molecule has 1 aliphatic carbocycles. The van der Waals surface area contributed by atoms with Crippen LogP contribution >= 0.6 is 11.3 Å². The largest absolute Gasteiger partial charge is 0.482 e. The van der Waals surface area contributed by atoms with E-state index in [4.69, 9.17) is 9.84 Å². The predicted octanol–water partition coefficient (Wildman–Crippen LogP) is 2.47. The molecule has 0 aliphatic heterocycles. The summed E-state index contributed by atoms with van der Waals surface area (Å²) < 4.78 is 5.36. The van der Waals surface area contributed by atoms with E-state index >= 15 is 0 Å². The van der Waals surface area contributed by atoms with E-state index < -0.39 is 5.97 Å². The molecule has 0 bridgehead atoms. The quantitative estimate of drug-likeness (QED) is 0.810. The maximum Gasteiger partial charge on any atom is 0.349 e. The summed E-state index contributed by atoms with van der Waals surface area (Å²) in [7, 11) is 0. The summed E-state index contributed by atoms with van der Waals surface area (Å²) >= 11 is 1.20. The third-order valence-electron chi connectivity index (χ3n) is 3.12. The van der Waals surface area contributed by atoms with Crippen molar-refractivity contribution in [3.05, 3.63) is 15.8 Å². The Balaban J connectivity index is 1.92. The van der Waals surface area contributed by atoms with Gasteiger partial charge in [-0.1, -0.05) is 13.8 Å². The van der Waals surface area contributed by atoms with Gasteiger partial charge in [-0.25, -0.2) is 4.79 Å². The van der Waals surface area contributed by atoms with Crippen molar-refractivity contribution >= 4 is 23.2 Å². The molecule has 1 aromatic rings. The van der Waals surface area contributed by atoms with Crippen LogP contribution in [0.5, 0.6) is 5.75 Å². The number of aromatic carboxylic acids is 1. The Morgan fingerprint density at radius 3 is 2.75 bits per heavy atom. The van der Waals surface area contributed by atoms with E-state index in [-0.39, 0.29) is 29.1 Å². The van der Waals surface area contributed by atoms with E-state index in [2.05, 4.69) is 5.32 Å². The van der Waals surface area contributed by atoms with Gasteiger partial charge in [0.05, 0.1) is 0 Å². The Labute approximate surface area is 121 Å². The van der Waals surface area contributed by atoms with Crippen molar-refractivity contribution in [1.29, 1.82) is 0 Å². The van der Waals surface area contributed by atoms with E-state index in [0.717, 1.165) is 4.88 Å². The second-order valence-corrected chi connectivity index (χ2v) is 6.42. The lowest BCUT2D eigenvalue weighted by molar-refractivity contribution is -0.123. The van der Waals surface area contributed by atoms with Gasteiger partial charge in [0.1, 0.15) is 5.75 Å². The van der Waals surface area contributed by atoms with Crippen molar-refractivity contribution in [2.24, 2.45) is 5.92 Å². The summed E-state index contributed by atoms with van der Waals surface area (Å²) in [6.07, 6.45) is 2.35. The molecule has 0 atom stereocenters. The second kappa shape index (κ2) is 6.26. The van der Waals surface area contributed by atoms with Gasteiger partial charge in [-0.3, -0.25) is 4.79 Å². The number of hydrogen-bond acceptors (Lipinski definition) is 4. The van der Waals surface area contributed by atoms with Crippen molar-refractivity contribution in [1.82, 2.24) is 5.32 Å². The average Bonchev–Trinajstić information content (AvgIpc) is 3.10. The number of thiophene rings is 1. The molecule has 1 fully saturated rings. The molecule has 1 aromatic heterocycles. The molecular formula is C14H19NO4S. The number of carboxylic acid groups (broad SMARTS) is 1. The monoisotopic (exact) mass is 297 g/mol. The van der Waals surface area contributed by atoms with Crippen molar-refractivity contribution in [2.45, 2.75) is 32.6 Å². The van der Waals surface area contributed by atoms with Gasteiger partial charge in [-0.05, 0) is 30.7 Å². The number of hydrogen-bond donors (Lipinski definition) is 2. The molecule has 1 aliphatic rings. The van der Waals surface area contributed by atoms with Crippen molar-refractivity contribution in [3.8, 4) is 5.75 Å². The van der Waals surface area contributed by atoms with Crippen molar-refractivity contribution in [2.75, 3.05) is 13.2 Å². The molecule has 2 N–H and O–H groups in total. The highest BCUT2D eigenvalue weighted by atomic mass is 32.1. The number of rotatable bonds is 7. The SMILES string of the molecule is CC(C)c1cc(OCC(=O)NCC2CC2)c(C(=O)O)s1. The van der Waals surface area contributed by atoms with Crippen LogP contribution in [0, 0.1) is 5.92 Å². The highest BCUT2D eigenvalue weighted by molar-refractivity contribution is 7.14. The van der Waals surface area contributed by atoms with E-state index in [1.54, 1.807) is 6.07 Å². The summed E-state index contributed by atoms with van der Waals surface area (Å²) in [5, 5.41) is 11.9. The molecule has 2 rings (SSSR count). The number of carbonyl (C=O) groups excluding carboxylic acids is 1. The summed E-state index contributed by atoms with van der Waals surface area (Å²) in [5.74, 6) is -0.0880. The molecule has 6 heteroatoms. The molecule has 0 aromatic carbocycles. The van der Waals surface area contributed by atoms with E-state index in [0.29, 0.717) is 12.5 Å². The number of carboxylic acids is 1. The van der Waals surface area contributed by atoms with Gasteiger partial charge in [0, 0.05) is 11.4 Å². The van der Waals surface area contributed by atoms with E-state index in [1.807, 2.05) is 13.8 Å². The predicted molar refractivity (Wildman–Crippen MR) is 76.6 cm³/mol. The van der Waals surface area contributed by atoms with Crippen LogP contribution in [0.15, 0.2) is 6.07 Å². The highest BCUT2D eigenvalue weighted by Gasteiger charge is 2.22. The average molecular weight is 297 g/mol. The van der Waals surface area contributed by atoms with Gasteiger partial charge < -0.3 is 15.2 Å². The topological polar surface area (TPSA) is 75.6 Å². The minimum atomic E-state index is -1.02. The van der Waals surface area contributed by atoms with Gasteiger partial charge in [0.15, 0.2) is 11.5 Å². The second-order valence-electron chi connectivity index (χ2n) is 5.34. The summed E-state index contributed by atoms with van der Waals surface area (Å²) in [4.78, 5) is 23.8. The fourth-order valence-corrected chi connectivity index (χ4v) is 2.65. The Bertz CT molecular complexity index is 505. The van der Waals surface area contributed by atoms with Crippen LogP contribution in [0.3, 0.4) is 0 Å². The molecule has 0 unspecified atom stereocenters. The third-order valence-corrected chi connectivity index (χ3v) is 4.53. The zero-order chi connectivity index (χ0) is 14.7. The Hall–Kier alpha value is -1.56. The zero-order valence-corrected chi connectivity index (χ0v) is 12.5. The number of ether oxygens (including phenoxy) is 1. The molecule has 0 saturated heterocycles. The van der Waals surface area contributed by atoms with Crippen LogP contribution in [0.1, 0.15) is 47.2 Å². The molecule has 110 valence electrons. The summed E-state index contributed by atoms with van der Waals surface area (Å²) in [6, 6.07) is 1.72. The maximum atomic E-state index is 11.6. The van der Waals surface area contributed by atoms with E-state index in [1.165, 1.54) is 24.2 Å². The first-order valence-electron chi connectivity index (χ1n) is 6.74. The maximum absolute atomic E-state index is 11.6. The lowest BCUT2D eigenvalue weighted by atomic mass is 10.2. The van der Waals surface area contributed by atoms with Crippen LogP contribution in [0.2, 0.25) is 0 Å². The smallest absolute Gasteiger partial charge is 0.349 e. The van der Waals surface area contributed by atoms with Crippen molar-refractivity contribution < 1.29 is 19.4 Å². The van der Waals surface area contributed by atoms with Crippen LogP contribution in [-0.4, -0.2) is 30.1 Å². The standard InChI is InChI=1S/C14H19NO4S/c1-8(2)11-5-10(13(20-11)14(17)18)19-7-12(16)15-6-9-3-4-9/h5,8-9H,3-4,6-7H2,1-2H3,(H,15,16)(H,17,18). The fraction of sp³-hybridized carbons (Fsp3) is 0.571. The fourth-order valence-electron chi connectivity index (χ4n) is 1.71. The molecule has 1 saturated carbocycles. The Morgan fingerprint density at radius 2 is 2.20 bits per heavy atom. The summed E-state index contributed by atoms with van der Waals surface area (Å²) in [5.41, 5.74) is 0. The van der Waals surface area contributed by atoms with Gasteiger partial charge in [-0.15, -0.1) is 11.3 Å². The van der Waals surface area contributed by atoms with Gasteiger partial charge in [0.25, 0.3) is 5.91 Å². The first kappa shape index (κ1) is 14.8. The van der Waals surface area contributed by atoms with Crippen LogP contribution in [0.25, 0.3) is 0 Å². The molecule has 0 spiro atoms.